The lowest BCUT2D eigenvalue weighted by atomic mass is 10.1. The van der Waals surface area contributed by atoms with E-state index in [4.69, 9.17) is 0 Å². The zero-order valence-corrected chi connectivity index (χ0v) is 10.3. The molecular weight excluding hydrogens is 241 g/mol. The molecule has 0 bridgehead atoms. The highest BCUT2D eigenvalue weighted by molar-refractivity contribution is 7.99. The van der Waals surface area contributed by atoms with Crippen molar-refractivity contribution in [3.05, 3.63) is 35.9 Å². The highest BCUT2D eigenvalue weighted by atomic mass is 32.2. The van der Waals surface area contributed by atoms with E-state index in [9.17, 15) is 9.50 Å². The Labute approximate surface area is 102 Å². The summed E-state index contributed by atoms with van der Waals surface area (Å²) in [6.07, 6.45) is 0.753. The van der Waals surface area contributed by atoms with E-state index < -0.39 is 6.10 Å². The van der Waals surface area contributed by atoms with Crippen LogP contribution in [0.4, 0.5) is 4.39 Å². The fourth-order valence-electron chi connectivity index (χ4n) is 1.34. The minimum atomic E-state index is -0.668. The Kier molecular flexibility index (Phi) is 3.44. The SMILES string of the molecule is C[C@@H](O)c1ccc(Sc2ncnn2C)c(F)c1. The molecule has 1 heterocycles. The summed E-state index contributed by atoms with van der Waals surface area (Å²) in [5.41, 5.74) is 0.560. The van der Waals surface area contributed by atoms with Gasteiger partial charge in [-0.3, -0.25) is 0 Å². The van der Waals surface area contributed by atoms with Crippen LogP contribution in [0.3, 0.4) is 0 Å². The van der Waals surface area contributed by atoms with Gasteiger partial charge in [0.25, 0.3) is 0 Å². The van der Waals surface area contributed by atoms with Gasteiger partial charge in [0.15, 0.2) is 5.16 Å². The van der Waals surface area contributed by atoms with E-state index >= 15 is 0 Å². The molecule has 0 saturated heterocycles. The smallest absolute Gasteiger partial charge is 0.190 e. The summed E-state index contributed by atoms with van der Waals surface area (Å²) >= 11 is 1.20. The van der Waals surface area contributed by atoms with Gasteiger partial charge in [-0.2, -0.15) is 5.10 Å². The van der Waals surface area contributed by atoms with Crippen LogP contribution in [0.5, 0.6) is 0 Å². The van der Waals surface area contributed by atoms with Gasteiger partial charge in [-0.1, -0.05) is 6.07 Å². The number of aliphatic hydroxyl groups excluding tert-OH is 1. The van der Waals surface area contributed by atoms with Crippen LogP contribution in [0.15, 0.2) is 34.6 Å². The zero-order valence-electron chi connectivity index (χ0n) is 9.46. The lowest BCUT2D eigenvalue weighted by molar-refractivity contribution is 0.198. The Morgan fingerprint density at radius 2 is 2.24 bits per heavy atom. The first-order chi connectivity index (χ1) is 8.08. The molecule has 0 saturated carbocycles. The molecule has 0 radical (unpaired) electrons. The quantitative estimate of drug-likeness (QED) is 0.910. The predicted octanol–water partition coefficient (Wildman–Crippen LogP) is 2.16. The zero-order chi connectivity index (χ0) is 12.4. The summed E-state index contributed by atoms with van der Waals surface area (Å²) in [5, 5.41) is 13.9. The van der Waals surface area contributed by atoms with Crippen LogP contribution >= 0.6 is 11.8 Å². The Morgan fingerprint density at radius 1 is 1.47 bits per heavy atom. The molecule has 1 N–H and O–H groups in total. The third kappa shape index (κ3) is 2.65. The average Bonchev–Trinajstić information content (AvgIpc) is 2.67. The van der Waals surface area contributed by atoms with Gasteiger partial charge in [-0.25, -0.2) is 14.1 Å². The molecule has 1 aromatic heterocycles. The van der Waals surface area contributed by atoms with Crippen molar-refractivity contribution >= 4 is 11.8 Å². The number of aliphatic hydroxyl groups is 1. The largest absolute Gasteiger partial charge is 0.389 e. The van der Waals surface area contributed by atoms with Crippen molar-refractivity contribution < 1.29 is 9.50 Å². The molecular formula is C11H12FN3OS. The van der Waals surface area contributed by atoms with Gasteiger partial charge in [-0.15, -0.1) is 0 Å². The fraction of sp³-hybridized carbons (Fsp3) is 0.273. The Bertz CT molecular complexity index is 527. The summed E-state index contributed by atoms with van der Waals surface area (Å²) < 4.78 is 15.3. The molecule has 1 atom stereocenters. The monoisotopic (exact) mass is 253 g/mol. The van der Waals surface area contributed by atoms with Crippen LogP contribution in [0.2, 0.25) is 0 Å². The van der Waals surface area contributed by atoms with Crippen molar-refractivity contribution in [2.45, 2.75) is 23.1 Å². The van der Waals surface area contributed by atoms with Gasteiger partial charge >= 0.3 is 0 Å². The van der Waals surface area contributed by atoms with Crippen molar-refractivity contribution in [1.82, 2.24) is 14.8 Å². The number of benzene rings is 1. The van der Waals surface area contributed by atoms with E-state index in [-0.39, 0.29) is 5.82 Å². The van der Waals surface area contributed by atoms with Crippen LogP contribution in [-0.2, 0) is 7.05 Å². The highest BCUT2D eigenvalue weighted by Gasteiger charge is 2.10. The third-order valence-electron chi connectivity index (χ3n) is 2.31. The molecule has 0 spiro atoms. The van der Waals surface area contributed by atoms with Gasteiger partial charge in [-0.05, 0) is 36.4 Å². The van der Waals surface area contributed by atoms with Crippen molar-refractivity contribution in [2.75, 3.05) is 0 Å². The van der Waals surface area contributed by atoms with Crippen LogP contribution in [0.1, 0.15) is 18.6 Å². The van der Waals surface area contributed by atoms with Crippen molar-refractivity contribution in [2.24, 2.45) is 7.05 Å². The van der Waals surface area contributed by atoms with E-state index in [2.05, 4.69) is 10.1 Å². The maximum Gasteiger partial charge on any atom is 0.190 e. The van der Waals surface area contributed by atoms with E-state index in [1.807, 2.05) is 0 Å². The molecule has 90 valence electrons. The fourth-order valence-corrected chi connectivity index (χ4v) is 2.10. The highest BCUT2D eigenvalue weighted by Crippen LogP contribution is 2.29. The lowest BCUT2D eigenvalue weighted by Crippen LogP contribution is -1.95. The number of nitrogens with zero attached hydrogens (tertiary/aromatic N) is 3. The van der Waals surface area contributed by atoms with Crippen LogP contribution in [-0.4, -0.2) is 19.9 Å². The second-order valence-corrected chi connectivity index (χ2v) is 4.64. The third-order valence-corrected chi connectivity index (χ3v) is 3.41. The van der Waals surface area contributed by atoms with Gasteiger partial charge < -0.3 is 5.11 Å². The molecule has 2 rings (SSSR count). The average molecular weight is 253 g/mol. The van der Waals surface area contributed by atoms with E-state index in [1.54, 1.807) is 30.8 Å². The number of hydrogen-bond donors (Lipinski definition) is 1. The number of hydrogen-bond acceptors (Lipinski definition) is 4. The normalized spacial score (nSPS) is 12.7. The lowest BCUT2D eigenvalue weighted by Gasteiger charge is -2.07. The van der Waals surface area contributed by atoms with Crippen LogP contribution in [0, 0.1) is 5.82 Å². The summed E-state index contributed by atoms with van der Waals surface area (Å²) in [5.74, 6) is -0.364. The first-order valence-corrected chi connectivity index (χ1v) is 5.89. The van der Waals surface area contributed by atoms with Crippen LogP contribution in [0.25, 0.3) is 0 Å². The topological polar surface area (TPSA) is 50.9 Å². The standard InChI is InChI=1S/C11H12FN3OS/c1-7(16)8-3-4-10(9(12)5-8)17-11-13-6-14-15(11)2/h3-7,16H,1-2H3/t7-/m1/s1. The molecule has 0 amide bonds. The molecule has 0 aliphatic rings. The molecule has 0 fully saturated rings. The van der Waals surface area contributed by atoms with Crippen molar-refractivity contribution in [3.63, 3.8) is 0 Å². The van der Waals surface area contributed by atoms with Gasteiger partial charge in [0.2, 0.25) is 0 Å². The number of halogens is 1. The molecule has 6 heteroatoms. The van der Waals surface area contributed by atoms with Crippen molar-refractivity contribution in [1.29, 1.82) is 0 Å². The number of aryl methyl sites for hydroxylation is 1. The minimum absolute atomic E-state index is 0.364. The molecule has 2 aromatic rings. The summed E-state index contributed by atoms with van der Waals surface area (Å²) in [4.78, 5) is 4.47. The van der Waals surface area contributed by atoms with E-state index in [0.717, 1.165) is 0 Å². The Morgan fingerprint density at radius 3 is 2.76 bits per heavy atom. The summed E-state index contributed by atoms with van der Waals surface area (Å²) in [6.45, 7) is 1.60. The predicted molar refractivity (Wildman–Crippen MR) is 62.2 cm³/mol. The molecule has 17 heavy (non-hydrogen) atoms. The first-order valence-electron chi connectivity index (χ1n) is 5.07. The molecule has 0 aliphatic heterocycles. The number of aromatic nitrogens is 3. The van der Waals surface area contributed by atoms with E-state index in [0.29, 0.717) is 15.6 Å². The maximum atomic E-state index is 13.7. The van der Waals surface area contributed by atoms with Gasteiger partial charge in [0, 0.05) is 7.05 Å². The van der Waals surface area contributed by atoms with Gasteiger partial charge in [0.05, 0.1) is 11.0 Å². The minimum Gasteiger partial charge on any atom is -0.389 e. The summed E-state index contributed by atoms with van der Waals surface area (Å²) in [7, 11) is 1.75. The second kappa shape index (κ2) is 4.85. The van der Waals surface area contributed by atoms with E-state index in [1.165, 1.54) is 24.2 Å². The van der Waals surface area contributed by atoms with Gasteiger partial charge in [0.1, 0.15) is 12.1 Å². The Hall–Kier alpha value is -1.40. The maximum absolute atomic E-state index is 13.7. The molecule has 0 unspecified atom stereocenters. The second-order valence-electron chi connectivity index (χ2n) is 3.63. The van der Waals surface area contributed by atoms with Crippen LogP contribution < -0.4 is 0 Å². The molecule has 1 aromatic carbocycles. The molecule has 4 nitrogen and oxygen atoms in total. The summed E-state index contributed by atoms with van der Waals surface area (Å²) in [6, 6.07) is 4.67. The molecule has 0 aliphatic carbocycles. The first kappa shape index (κ1) is 12.1. The van der Waals surface area contributed by atoms with Crippen molar-refractivity contribution in [3.8, 4) is 0 Å². The number of rotatable bonds is 3. The Balaban J connectivity index is 2.26.